The smallest absolute Gasteiger partial charge is 0.241 e. The fourth-order valence-corrected chi connectivity index (χ4v) is 1.59. The molecule has 1 amide bonds. The second-order valence-electron chi connectivity index (χ2n) is 3.86. The number of hydrogen-bond donors (Lipinski definition) is 2. The number of anilines is 1. The van der Waals surface area contributed by atoms with Gasteiger partial charge in [-0.1, -0.05) is 31.4 Å². The SMILES string of the molecule is CCCCC(N)C(=O)Nc1ccc(F)cc1Cl. The van der Waals surface area contributed by atoms with Crippen LogP contribution < -0.4 is 11.1 Å². The summed E-state index contributed by atoms with van der Waals surface area (Å²) in [6.45, 7) is 2.03. The highest BCUT2D eigenvalue weighted by Crippen LogP contribution is 2.22. The number of rotatable bonds is 5. The number of benzene rings is 1. The predicted molar refractivity (Wildman–Crippen MR) is 67.5 cm³/mol. The molecular formula is C12H16ClFN2O. The van der Waals surface area contributed by atoms with Crippen molar-refractivity contribution in [3.8, 4) is 0 Å². The van der Waals surface area contributed by atoms with Crippen molar-refractivity contribution in [2.45, 2.75) is 32.2 Å². The van der Waals surface area contributed by atoms with Crippen LogP contribution in [0.4, 0.5) is 10.1 Å². The van der Waals surface area contributed by atoms with Crippen LogP contribution in [0.5, 0.6) is 0 Å². The Balaban J connectivity index is 2.61. The Hall–Kier alpha value is -1.13. The van der Waals surface area contributed by atoms with Gasteiger partial charge in [0.05, 0.1) is 16.8 Å². The molecule has 0 bridgehead atoms. The van der Waals surface area contributed by atoms with Gasteiger partial charge < -0.3 is 11.1 Å². The van der Waals surface area contributed by atoms with Crippen molar-refractivity contribution in [3.05, 3.63) is 29.0 Å². The van der Waals surface area contributed by atoms with Gasteiger partial charge >= 0.3 is 0 Å². The van der Waals surface area contributed by atoms with Gasteiger partial charge in [0.1, 0.15) is 5.82 Å². The number of nitrogens with one attached hydrogen (secondary N) is 1. The summed E-state index contributed by atoms with van der Waals surface area (Å²) in [5, 5.41) is 2.75. The summed E-state index contributed by atoms with van der Waals surface area (Å²) in [5.41, 5.74) is 6.08. The Bertz CT molecular complexity index is 398. The van der Waals surface area contributed by atoms with Crippen LogP contribution in [-0.4, -0.2) is 11.9 Å². The molecule has 0 aromatic heterocycles. The topological polar surface area (TPSA) is 55.1 Å². The number of carbonyl (C=O) groups is 1. The molecule has 1 atom stereocenters. The van der Waals surface area contributed by atoms with Crippen molar-refractivity contribution in [3.63, 3.8) is 0 Å². The van der Waals surface area contributed by atoms with E-state index in [1.807, 2.05) is 6.92 Å². The summed E-state index contributed by atoms with van der Waals surface area (Å²) in [5.74, 6) is -0.741. The molecule has 3 nitrogen and oxygen atoms in total. The van der Waals surface area contributed by atoms with Crippen LogP contribution >= 0.6 is 11.6 Å². The van der Waals surface area contributed by atoms with Crippen molar-refractivity contribution in [1.29, 1.82) is 0 Å². The Kier molecular flexibility index (Phi) is 5.38. The quantitative estimate of drug-likeness (QED) is 0.853. The molecule has 3 N–H and O–H groups in total. The molecule has 94 valence electrons. The average molecular weight is 259 g/mol. The van der Waals surface area contributed by atoms with Crippen LogP contribution in [0.25, 0.3) is 0 Å². The molecule has 0 saturated carbocycles. The van der Waals surface area contributed by atoms with Gasteiger partial charge in [-0.3, -0.25) is 4.79 Å². The maximum Gasteiger partial charge on any atom is 0.241 e. The summed E-state index contributed by atoms with van der Waals surface area (Å²) in [6, 6.07) is 3.24. The molecule has 0 fully saturated rings. The lowest BCUT2D eigenvalue weighted by molar-refractivity contribution is -0.117. The maximum absolute atomic E-state index is 12.8. The Labute approximate surface area is 105 Å². The van der Waals surface area contributed by atoms with Crippen molar-refractivity contribution >= 4 is 23.2 Å². The highest BCUT2D eigenvalue weighted by atomic mass is 35.5. The van der Waals surface area contributed by atoms with Crippen molar-refractivity contribution < 1.29 is 9.18 Å². The van der Waals surface area contributed by atoms with Gasteiger partial charge in [0.15, 0.2) is 0 Å². The van der Waals surface area contributed by atoms with E-state index in [1.54, 1.807) is 0 Å². The standard InChI is InChI=1S/C12H16ClFN2O/c1-2-3-4-10(15)12(17)16-11-6-5-8(14)7-9(11)13/h5-7,10H,2-4,15H2,1H3,(H,16,17). The number of amides is 1. The van der Waals surface area contributed by atoms with E-state index in [1.165, 1.54) is 12.1 Å². The summed E-state index contributed by atoms with van der Waals surface area (Å²) in [6.07, 6.45) is 2.51. The molecule has 1 rings (SSSR count). The average Bonchev–Trinajstić information content (AvgIpc) is 2.29. The second-order valence-corrected chi connectivity index (χ2v) is 4.27. The fourth-order valence-electron chi connectivity index (χ4n) is 1.37. The van der Waals surface area contributed by atoms with Crippen LogP contribution in [0, 0.1) is 5.82 Å². The zero-order valence-corrected chi connectivity index (χ0v) is 10.4. The molecule has 1 unspecified atom stereocenters. The minimum Gasteiger partial charge on any atom is -0.323 e. The Morgan fingerprint density at radius 3 is 2.88 bits per heavy atom. The first-order chi connectivity index (χ1) is 8.04. The summed E-state index contributed by atoms with van der Waals surface area (Å²) < 4.78 is 12.8. The minimum atomic E-state index is -0.559. The summed E-state index contributed by atoms with van der Waals surface area (Å²) in [7, 11) is 0. The zero-order chi connectivity index (χ0) is 12.8. The first-order valence-corrected chi connectivity index (χ1v) is 5.94. The highest BCUT2D eigenvalue weighted by molar-refractivity contribution is 6.33. The molecule has 0 radical (unpaired) electrons. The Morgan fingerprint density at radius 1 is 1.59 bits per heavy atom. The minimum absolute atomic E-state index is 0.168. The van der Waals surface area contributed by atoms with Gasteiger partial charge in [-0.05, 0) is 24.6 Å². The molecule has 1 aromatic rings. The lowest BCUT2D eigenvalue weighted by Gasteiger charge is -2.12. The lowest BCUT2D eigenvalue weighted by Crippen LogP contribution is -2.35. The number of carbonyl (C=O) groups excluding carboxylic acids is 1. The summed E-state index contributed by atoms with van der Waals surface area (Å²) >= 11 is 5.79. The molecule has 17 heavy (non-hydrogen) atoms. The molecular weight excluding hydrogens is 243 g/mol. The molecule has 0 heterocycles. The van der Waals surface area contributed by atoms with Crippen LogP contribution in [0.3, 0.4) is 0 Å². The van der Waals surface area contributed by atoms with Gasteiger partial charge in [-0.15, -0.1) is 0 Å². The van der Waals surface area contributed by atoms with E-state index in [4.69, 9.17) is 17.3 Å². The summed E-state index contributed by atoms with van der Waals surface area (Å²) in [4.78, 5) is 11.7. The first-order valence-electron chi connectivity index (χ1n) is 5.56. The van der Waals surface area contributed by atoms with E-state index >= 15 is 0 Å². The highest BCUT2D eigenvalue weighted by Gasteiger charge is 2.14. The van der Waals surface area contributed by atoms with E-state index in [9.17, 15) is 9.18 Å². The van der Waals surface area contributed by atoms with Gasteiger partial charge in [0.2, 0.25) is 5.91 Å². The maximum atomic E-state index is 12.8. The molecule has 0 saturated heterocycles. The van der Waals surface area contributed by atoms with E-state index in [0.717, 1.165) is 18.9 Å². The predicted octanol–water partition coefficient (Wildman–Crippen LogP) is 2.94. The van der Waals surface area contributed by atoms with Gasteiger partial charge in [0.25, 0.3) is 0 Å². The van der Waals surface area contributed by atoms with Crippen molar-refractivity contribution in [2.24, 2.45) is 5.73 Å². The third kappa shape index (κ3) is 4.32. The largest absolute Gasteiger partial charge is 0.323 e. The molecule has 0 aliphatic rings. The number of unbranched alkanes of at least 4 members (excludes halogenated alkanes) is 1. The van der Waals surface area contributed by atoms with E-state index < -0.39 is 11.9 Å². The van der Waals surface area contributed by atoms with Crippen LogP contribution in [0.15, 0.2) is 18.2 Å². The Morgan fingerprint density at radius 2 is 2.29 bits per heavy atom. The van der Waals surface area contributed by atoms with Crippen LogP contribution in [-0.2, 0) is 4.79 Å². The van der Waals surface area contributed by atoms with E-state index in [0.29, 0.717) is 12.1 Å². The molecule has 0 spiro atoms. The second kappa shape index (κ2) is 6.57. The molecule has 1 aromatic carbocycles. The van der Waals surface area contributed by atoms with E-state index in [2.05, 4.69) is 5.32 Å². The van der Waals surface area contributed by atoms with Crippen molar-refractivity contribution in [2.75, 3.05) is 5.32 Å². The van der Waals surface area contributed by atoms with Crippen LogP contribution in [0.1, 0.15) is 26.2 Å². The van der Waals surface area contributed by atoms with E-state index in [-0.39, 0.29) is 10.9 Å². The molecule has 0 aliphatic carbocycles. The van der Waals surface area contributed by atoms with Crippen molar-refractivity contribution in [1.82, 2.24) is 0 Å². The van der Waals surface area contributed by atoms with Gasteiger partial charge in [-0.25, -0.2) is 4.39 Å². The lowest BCUT2D eigenvalue weighted by atomic mass is 10.1. The zero-order valence-electron chi connectivity index (χ0n) is 9.67. The third-order valence-electron chi connectivity index (χ3n) is 2.39. The first kappa shape index (κ1) is 13.9. The third-order valence-corrected chi connectivity index (χ3v) is 2.71. The fraction of sp³-hybridized carbons (Fsp3) is 0.417. The molecule has 0 aliphatic heterocycles. The van der Waals surface area contributed by atoms with Crippen LogP contribution in [0.2, 0.25) is 5.02 Å². The van der Waals surface area contributed by atoms with Gasteiger partial charge in [0, 0.05) is 0 Å². The number of nitrogens with two attached hydrogens (primary N) is 1. The normalized spacial score (nSPS) is 12.2. The number of halogens is 2. The number of hydrogen-bond acceptors (Lipinski definition) is 2. The monoisotopic (exact) mass is 258 g/mol. The van der Waals surface area contributed by atoms with Gasteiger partial charge in [-0.2, -0.15) is 0 Å². The molecule has 5 heteroatoms.